The van der Waals surface area contributed by atoms with Gasteiger partial charge in [-0.2, -0.15) is 13.2 Å². The number of benzene rings is 1. The van der Waals surface area contributed by atoms with Crippen molar-refractivity contribution in [2.75, 3.05) is 4.72 Å². The Morgan fingerprint density at radius 1 is 1.05 bits per heavy atom. The van der Waals surface area contributed by atoms with Gasteiger partial charge in [0.05, 0.1) is 10.5 Å². The largest absolute Gasteiger partial charge is 0.417 e. The van der Waals surface area contributed by atoms with Crippen molar-refractivity contribution in [3.05, 3.63) is 53.7 Å². The zero-order chi connectivity index (χ0) is 15.7. The molecule has 0 aliphatic rings. The summed E-state index contributed by atoms with van der Waals surface area (Å²) in [5.41, 5.74) is -0.0533. The van der Waals surface area contributed by atoms with Crippen LogP contribution >= 0.6 is 0 Å². The fourth-order valence-corrected chi connectivity index (χ4v) is 2.54. The summed E-state index contributed by atoms with van der Waals surface area (Å²) in [5.74, 6) is -0.177. The minimum atomic E-state index is -4.51. The van der Waals surface area contributed by atoms with Crippen LogP contribution in [0.1, 0.15) is 11.1 Å². The molecule has 4 nitrogen and oxygen atoms in total. The summed E-state index contributed by atoms with van der Waals surface area (Å²) in [6.45, 7) is 1.81. The summed E-state index contributed by atoms with van der Waals surface area (Å²) in [6, 6.07) is 7.78. The molecule has 8 heteroatoms. The van der Waals surface area contributed by atoms with Gasteiger partial charge in [-0.3, -0.25) is 4.72 Å². The standard InChI is InChI=1S/C13H11F3N2O2S/c1-9-2-5-11(6-3-9)21(19,20)18-12-7-4-10(8-17-12)13(14,15)16/h2-8H,1H3,(H,17,18). The number of hydrogen-bond donors (Lipinski definition) is 1. The fraction of sp³-hybridized carbons (Fsp3) is 0.154. The van der Waals surface area contributed by atoms with Crippen LogP contribution in [0.4, 0.5) is 19.0 Å². The zero-order valence-electron chi connectivity index (χ0n) is 10.8. The lowest BCUT2D eigenvalue weighted by molar-refractivity contribution is -0.137. The number of nitrogens with zero attached hydrogens (tertiary/aromatic N) is 1. The Kier molecular flexibility index (Phi) is 3.91. The minimum Gasteiger partial charge on any atom is -0.263 e. The Morgan fingerprint density at radius 3 is 2.14 bits per heavy atom. The predicted octanol–water partition coefficient (Wildman–Crippen LogP) is 3.21. The number of pyridine rings is 1. The van der Waals surface area contributed by atoms with Crippen molar-refractivity contribution < 1.29 is 21.6 Å². The monoisotopic (exact) mass is 316 g/mol. The van der Waals surface area contributed by atoms with Crippen LogP contribution in [0, 0.1) is 6.92 Å². The lowest BCUT2D eigenvalue weighted by Crippen LogP contribution is -2.14. The molecule has 112 valence electrons. The third-order valence-electron chi connectivity index (χ3n) is 2.66. The molecule has 0 atom stereocenters. The molecular formula is C13H11F3N2O2S. The lowest BCUT2D eigenvalue weighted by Gasteiger charge is -2.09. The number of aromatic nitrogens is 1. The topological polar surface area (TPSA) is 59.1 Å². The number of alkyl halides is 3. The average molecular weight is 316 g/mol. The second-order valence-electron chi connectivity index (χ2n) is 4.35. The van der Waals surface area contributed by atoms with Crippen molar-refractivity contribution in [1.29, 1.82) is 0 Å². The Bertz CT molecular complexity index is 724. The third-order valence-corrected chi connectivity index (χ3v) is 4.03. The van der Waals surface area contributed by atoms with E-state index in [1.807, 2.05) is 0 Å². The first-order chi connectivity index (χ1) is 9.68. The quantitative estimate of drug-likeness (QED) is 0.946. The first-order valence-electron chi connectivity index (χ1n) is 5.81. The maximum Gasteiger partial charge on any atom is 0.417 e. The van der Waals surface area contributed by atoms with Gasteiger partial charge in [-0.15, -0.1) is 0 Å². The van der Waals surface area contributed by atoms with Gasteiger partial charge in [-0.25, -0.2) is 13.4 Å². The molecule has 1 aromatic heterocycles. The van der Waals surface area contributed by atoms with Gasteiger partial charge in [-0.1, -0.05) is 17.7 Å². The Hall–Kier alpha value is -2.09. The Balaban J connectivity index is 2.23. The average Bonchev–Trinajstić information content (AvgIpc) is 2.38. The molecule has 0 amide bonds. The molecule has 0 saturated carbocycles. The molecule has 2 rings (SSSR count). The van der Waals surface area contributed by atoms with Gasteiger partial charge in [0, 0.05) is 6.20 Å². The van der Waals surface area contributed by atoms with Crippen molar-refractivity contribution in [3.63, 3.8) is 0 Å². The van der Waals surface area contributed by atoms with E-state index < -0.39 is 21.8 Å². The van der Waals surface area contributed by atoms with Gasteiger partial charge in [0.25, 0.3) is 10.0 Å². The van der Waals surface area contributed by atoms with Crippen LogP contribution in [0.15, 0.2) is 47.5 Å². The molecule has 0 bridgehead atoms. The minimum absolute atomic E-state index is 0.00907. The molecule has 21 heavy (non-hydrogen) atoms. The number of hydrogen-bond acceptors (Lipinski definition) is 3. The van der Waals surface area contributed by atoms with Crippen molar-refractivity contribution in [3.8, 4) is 0 Å². The fourth-order valence-electron chi connectivity index (χ4n) is 1.54. The molecule has 0 saturated heterocycles. The van der Waals surface area contributed by atoms with Crippen LogP contribution in [0.25, 0.3) is 0 Å². The number of halogens is 3. The summed E-state index contributed by atoms with van der Waals surface area (Å²) in [7, 11) is -3.87. The van der Waals surface area contributed by atoms with Crippen LogP contribution in [-0.2, 0) is 16.2 Å². The zero-order valence-corrected chi connectivity index (χ0v) is 11.7. The van der Waals surface area contributed by atoms with Crippen LogP contribution in [-0.4, -0.2) is 13.4 Å². The van der Waals surface area contributed by atoms with Crippen molar-refractivity contribution in [1.82, 2.24) is 4.98 Å². The summed E-state index contributed by atoms with van der Waals surface area (Å²) in [5, 5.41) is 0. The molecule has 0 unspecified atom stereocenters. The molecule has 0 aliphatic heterocycles. The number of anilines is 1. The summed E-state index contributed by atoms with van der Waals surface area (Å²) in [4.78, 5) is 3.47. The second kappa shape index (κ2) is 5.36. The maximum atomic E-state index is 12.4. The second-order valence-corrected chi connectivity index (χ2v) is 6.03. The smallest absolute Gasteiger partial charge is 0.263 e. The first kappa shape index (κ1) is 15.3. The van der Waals surface area contributed by atoms with Crippen LogP contribution in [0.5, 0.6) is 0 Å². The predicted molar refractivity (Wildman–Crippen MR) is 71.2 cm³/mol. The SMILES string of the molecule is Cc1ccc(S(=O)(=O)Nc2ccc(C(F)(F)F)cn2)cc1. The van der Waals surface area contributed by atoms with Gasteiger partial charge >= 0.3 is 6.18 Å². The molecular weight excluding hydrogens is 305 g/mol. The molecule has 1 N–H and O–H groups in total. The molecule has 1 aromatic carbocycles. The summed E-state index contributed by atoms with van der Waals surface area (Å²) in [6.07, 6.45) is -3.94. The molecule has 0 radical (unpaired) electrons. The highest BCUT2D eigenvalue weighted by molar-refractivity contribution is 7.92. The van der Waals surface area contributed by atoms with Crippen LogP contribution < -0.4 is 4.72 Å². The maximum absolute atomic E-state index is 12.4. The van der Waals surface area contributed by atoms with Crippen LogP contribution in [0.2, 0.25) is 0 Å². The van der Waals surface area contributed by atoms with Gasteiger partial charge in [0.15, 0.2) is 0 Å². The highest BCUT2D eigenvalue weighted by Gasteiger charge is 2.30. The third kappa shape index (κ3) is 3.72. The van der Waals surface area contributed by atoms with E-state index in [-0.39, 0.29) is 10.7 Å². The molecule has 0 aliphatic carbocycles. The van der Waals surface area contributed by atoms with E-state index in [1.165, 1.54) is 12.1 Å². The van der Waals surface area contributed by atoms with E-state index >= 15 is 0 Å². The number of sulfonamides is 1. The lowest BCUT2D eigenvalue weighted by atomic mass is 10.2. The van der Waals surface area contributed by atoms with Crippen molar-refractivity contribution in [2.45, 2.75) is 18.0 Å². The van der Waals surface area contributed by atoms with Crippen LogP contribution in [0.3, 0.4) is 0 Å². The number of rotatable bonds is 3. The number of nitrogens with one attached hydrogen (secondary N) is 1. The van der Waals surface area contributed by atoms with Gasteiger partial charge < -0.3 is 0 Å². The Morgan fingerprint density at radius 2 is 1.67 bits per heavy atom. The molecule has 2 aromatic rings. The normalized spacial score (nSPS) is 12.2. The van der Waals surface area contributed by atoms with Crippen molar-refractivity contribution >= 4 is 15.8 Å². The van der Waals surface area contributed by atoms with E-state index in [0.29, 0.717) is 6.20 Å². The highest BCUT2D eigenvalue weighted by Crippen LogP contribution is 2.29. The van der Waals surface area contributed by atoms with E-state index in [1.54, 1.807) is 19.1 Å². The van der Waals surface area contributed by atoms with E-state index in [9.17, 15) is 21.6 Å². The van der Waals surface area contributed by atoms with Gasteiger partial charge in [0.2, 0.25) is 0 Å². The Labute approximate surface area is 119 Å². The molecule has 0 fully saturated rings. The summed E-state index contributed by atoms with van der Waals surface area (Å²) >= 11 is 0. The van der Waals surface area contributed by atoms with E-state index in [0.717, 1.165) is 17.7 Å². The van der Waals surface area contributed by atoms with Crippen molar-refractivity contribution in [2.24, 2.45) is 0 Å². The summed E-state index contributed by atoms with van der Waals surface area (Å²) < 4.78 is 63.3. The van der Waals surface area contributed by atoms with E-state index in [2.05, 4.69) is 9.71 Å². The number of aryl methyl sites for hydroxylation is 1. The van der Waals surface area contributed by atoms with Gasteiger partial charge in [0.1, 0.15) is 5.82 Å². The highest BCUT2D eigenvalue weighted by atomic mass is 32.2. The van der Waals surface area contributed by atoms with Gasteiger partial charge in [-0.05, 0) is 31.2 Å². The molecule has 0 spiro atoms. The van der Waals surface area contributed by atoms with E-state index in [4.69, 9.17) is 0 Å². The molecule has 1 heterocycles. The first-order valence-corrected chi connectivity index (χ1v) is 7.29.